The van der Waals surface area contributed by atoms with E-state index in [-0.39, 0.29) is 18.7 Å². The topological polar surface area (TPSA) is 63.9 Å². The number of furan rings is 1. The first-order valence-electron chi connectivity index (χ1n) is 12.7. The van der Waals surface area contributed by atoms with Crippen LogP contribution in [0.2, 0.25) is 0 Å². The highest BCUT2D eigenvalue weighted by molar-refractivity contribution is 5.92. The van der Waals surface area contributed by atoms with Crippen molar-refractivity contribution >= 4 is 11.6 Å². The molecule has 3 aliphatic rings. The number of benzene rings is 2. The van der Waals surface area contributed by atoms with Gasteiger partial charge in [-0.1, -0.05) is 18.2 Å². The van der Waals surface area contributed by atoms with Gasteiger partial charge in [0.2, 0.25) is 12.7 Å². The third-order valence-corrected chi connectivity index (χ3v) is 7.62. The van der Waals surface area contributed by atoms with Crippen LogP contribution in [0.15, 0.2) is 52.9 Å². The van der Waals surface area contributed by atoms with Crippen LogP contribution < -0.4 is 19.7 Å². The average molecular weight is 473 g/mol. The van der Waals surface area contributed by atoms with E-state index in [0.29, 0.717) is 5.75 Å². The third-order valence-electron chi connectivity index (χ3n) is 7.62. The molecule has 6 nitrogen and oxygen atoms in total. The number of rotatable bonds is 6. The molecular weight excluding hydrogens is 440 g/mol. The second-order valence-corrected chi connectivity index (χ2v) is 10.1. The monoisotopic (exact) mass is 472 g/mol. The van der Waals surface area contributed by atoms with E-state index in [1.54, 1.807) is 0 Å². The molecule has 1 atom stereocenters. The number of hydrogen-bond donors (Lipinski definition) is 1. The lowest BCUT2D eigenvalue weighted by atomic mass is 9.92. The molecule has 35 heavy (non-hydrogen) atoms. The molecule has 1 saturated heterocycles. The molecule has 1 saturated carbocycles. The van der Waals surface area contributed by atoms with Crippen molar-refractivity contribution in [1.29, 1.82) is 0 Å². The van der Waals surface area contributed by atoms with Gasteiger partial charge in [0, 0.05) is 24.3 Å². The van der Waals surface area contributed by atoms with Gasteiger partial charge in [-0.15, -0.1) is 0 Å². The van der Waals surface area contributed by atoms with Gasteiger partial charge in [-0.25, -0.2) is 0 Å². The third kappa shape index (κ3) is 4.05. The summed E-state index contributed by atoms with van der Waals surface area (Å²) in [5.74, 6) is 3.08. The van der Waals surface area contributed by atoms with Crippen LogP contribution in [-0.2, 0) is 10.2 Å². The van der Waals surface area contributed by atoms with Gasteiger partial charge in [0.15, 0.2) is 11.5 Å². The molecule has 1 amide bonds. The number of aryl methyl sites for hydroxylation is 2. The molecule has 6 rings (SSSR count). The van der Waals surface area contributed by atoms with Gasteiger partial charge in [0.25, 0.3) is 0 Å². The van der Waals surface area contributed by atoms with Crippen molar-refractivity contribution in [2.45, 2.75) is 57.4 Å². The first kappa shape index (κ1) is 22.1. The molecule has 1 aromatic heterocycles. The van der Waals surface area contributed by atoms with Crippen molar-refractivity contribution in [3.8, 4) is 11.5 Å². The van der Waals surface area contributed by atoms with Gasteiger partial charge in [-0.05, 0) is 87.4 Å². The molecule has 2 aliphatic heterocycles. The number of carbonyl (C=O) groups is 1. The predicted octanol–water partition coefficient (Wildman–Crippen LogP) is 5.55. The smallest absolute Gasteiger partial charge is 0.231 e. The van der Waals surface area contributed by atoms with Gasteiger partial charge in [0.1, 0.15) is 17.6 Å². The van der Waals surface area contributed by atoms with Crippen LogP contribution in [0, 0.1) is 13.8 Å². The highest BCUT2D eigenvalue weighted by Gasteiger charge is 2.52. The Morgan fingerprint density at radius 1 is 0.943 bits per heavy atom. The summed E-state index contributed by atoms with van der Waals surface area (Å²) in [5, 5.41) is 3.40. The number of anilines is 1. The van der Waals surface area contributed by atoms with Crippen LogP contribution in [0.25, 0.3) is 0 Å². The minimum atomic E-state index is -0.545. The lowest BCUT2D eigenvalue weighted by Crippen LogP contribution is -2.39. The fourth-order valence-electron chi connectivity index (χ4n) is 5.45. The first-order valence-corrected chi connectivity index (χ1v) is 12.7. The van der Waals surface area contributed by atoms with Gasteiger partial charge >= 0.3 is 0 Å². The second kappa shape index (κ2) is 8.67. The Morgan fingerprint density at radius 3 is 2.49 bits per heavy atom. The number of amides is 1. The van der Waals surface area contributed by atoms with Crippen molar-refractivity contribution in [1.82, 2.24) is 5.32 Å². The quantitative estimate of drug-likeness (QED) is 0.509. The maximum Gasteiger partial charge on any atom is 0.231 e. The number of nitrogens with zero attached hydrogens (tertiary/aromatic N) is 1. The van der Waals surface area contributed by atoms with Crippen molar-refractivity contribution < 1.29 is 18.7 Å². The molecular formula is C29H32N2O4. The van der Waals surface area contributed by atoms with Gasteiger partial charge < -0.3 is 24.1 Å². The number of carbonyl (C=O) groups excluding carboxylic acids is 1. The zero-order valence-electron chi connectivity index (χ0n) is 20.4. The minimum Gasteiger partial charge on any atom is -0.464 e. The number of fused-ring (bicyclic) bond motifs is 1. The van der Waals surface area contributed by atoms with Crippen LogP contribution in [0.1, 0.15) is 66.4 Å². The summed E-state index contributed by atoms with van der Waals surface area (Å²) in [6.45, 7) is 6.37. The van der Waals surface area contributed by atoms with Gasteiger partial charge in [-0.3, -0.25) is 4.79 Å². The second-order valence-electron chi connectivity index (χ2n) is 10.1. The molecule has 2 fully saturated rings. The van der Waals surface area contributed by atoms with Crippen LogP contribution in [-0.4, -0.2) is 25.8 Å². The van der Waals surface area contributed by atoms with E-state index in [2.05, 4.69) is 35.3 Å². The standard InChI is InChI=1S/C29H32N2O4/c1-19-6-9-22(23(16-19)31-14-4-3-5-15-31)27(25-10-7-20(2)35-25)30-28(32)29(12-13-29)21-8-11-24-26(17-21)34-18-33-24/h6-11,16-17,27H,3-5,12-15,18H2,1-2H3,(H,30,32). The summed E-state index contributed by atoms with van der Waals surface area (Å²) >= 11 is 0. The molecule has 3 aromatic rings. The molecule has 0 spiro atoms. The molecule has 0 bridgehead atoms. The SMILES string of the molecule is Cc1ccc(C(NC(=O)C2(c3ccc4c(c3)OCO4)CC2)c2ccc(C)o2)c(N2CCCCC2)c1. The maximum atomic E-state index is 13.9. The Hall–Kier alpha value is -3.41. The molecule has 1 unspecified atom stereocenters. The van der Waals surface area contributed by atoms with Crippen molar-refractivity contribution in [3.05, 3.63) is 76.7 Å². The average Bonchev–Trinajstić information content (AvgIpc) is 3.36. The molecule has 3 heterocycles. The molecule has 1 aliphatic carbocycles. The zero-order valence-corrected chi connectivity index (χ0v) is 20.4. The Balaban J connectivity index is 1.36. The van der Waals surface area contributed by atoms with Crippen LogP contribution in [0.3, 0.4) is 0 Å². The zero-order chi connectivity index (χ0) is 24.0. The Morgan fingerprint density at radius 2 is 1.74 bits per heavy atom. The van der Waals surface area contributed by atoms with E-state index in [0.717, 1.165) is 54.3 Å². The normalized spacial score (nSPS) is 18.9. The fourth-order valence-corrected chi connectivity index (χ4v) is 5.45. The van der Waals surface area contributed by atoms with Crippen molar-refractivity contribution in [2.75, 3.05) is 24.8 Å². The van der Waals surface area contributed by atoms with Crippen LogP contribution in [0.5, 0.6) is 11.5 Å². The highest BCUT2D eigenvalue weighted by Crippen LogP contribution is 2.51. The Bertz CT molecular complexity index is 1250. The van der Waals surface area contributed by atoms with E-state index < -0.39 is 5.41 Å². The van der Waals surface area contributed by atoms with Crippen molar-refractivity contribution in [2.24, 2.45) is 0 Å². The highest BCUT2D eigenvalue weighted by atomic mass is 16.7. The Labute approximate surface area is 206 Å². The molecule has 1 N–H and O–H groups in total. The summed E-state index contributed by atoms with van der Waals surface area (Å²) in [4.78, 5) is 16.4. The summed E-state index contributed by atoms with van der Waals surface area (Å²) in [7, 11) is 0. The lowest BCUT2D eigenvalue weighted by Gasteiger charge is -2.33. The fraction of sp³-hybridized carbons (Fsp3) is 0.414. The molecule has 182 valence electrons. The van der Waals surface area contributed by atoms with E-state index in [9.17, 15) is 4.79 Å². The van der Waals surface area contributed by atoms with E-state index in [1.165, 1.54) is 30.5 Å². The maximum absolute atomic E-state index is 13.9. The largest absolute Gasteiger partial charge is 0.464 e. The summed E-state index contributed by atoms with van der Waals surface area (Å²) < 4.78 is 17.2. The predicted molar refractivity (Wildman–Crippen MR) is 134 cm³/mol. The number of piperidine rings is 1. The number of nitrogens with one attached hydrogen (secondary N) is 1. The van der Waals surface area contributed by atoms with Gasteiger partial charge in [-0.2, -0.15) is 0 Å². The minimum absolute atomic E-state index is 0.0283. The van der Waals surface area contributed by atoms with E-state index in [4.69, 9.17) is 13.9 Å². The number of hydrogen-bond acceptors (Lipinski definition) is 5. The van der Waals surface area contributed by atoms with E-state index in [1.807, 2.05) is 37.3 Å². The molecule has 0 radical (unpaired) electrons. The van der Waals surface area contributed by atoms with Gasteiger partial charge in [0.05, 0.1) is 5.41 Å². The summed E-state index contributed by atoms with van der Waals surface area (Å²) in [6, 6.07) is 16.0. The van der Waals surface area contributed by atoms with Crippen molar-refractivity contribution in [3.63, 3.8) is 0 Å². The van der Waals surface area contributed by atoms with E-state index >= 15 is 0 Å². The van der Waals surface area contributed by atoms with Crippen LogP contribution in [0.4, 0.5) is 5.69 Å². The van der Waals surface area contributed by atoms with Crippen LogP contribution >= 0.6 is 0 Å². The first-order chi connectivity index (χ1) is 17.0. The number of ether oxygens (including phenoxy) is 2. The molecule has 6 heteroatoms. The summed E-state index contributed by atoms with van der Waals surface area (Å²) in [6.07, 6.45) is 5.28. The Kier molecular flexibility index (Phi) is 5.47. The molecule has 2 aromatic carbocycles. The summed E-state index contributed by atoms with van der Waals surface area (Å²) in [5.41, 5.74) is 3.93. The lowest BCUT2D eigenvalue weighted by molar-refractivity contribution is -0.124.